The second-order valence-corrected chi connectivity index (χ2v) is 9.17. The molecule has 0 fully saturated rings. The molecular formula is C23H29N3O4S. The van der Waals surface area contributed by atoms with Crippen LogP contribution in [0.5, 0.6) is 0 Å². The summed E-state index contributed by atoms with van der Waals surface area (Å²) in [6.45, 7) is 9.27. The number of benzene rings is 2. The fourth-order valence-corrected chi connectivity index (χ4v) is 4.52. The van der Waals surface area contributed by atoms with Crippen LogP contribution in [0.3, 0.4) is 0 Å². The fourth-order valence-electron chi connectivity index (χ4n) is 3.26. The maximum absolute atomic E-state index is 13.2. The van der Waals surface area contributed by atoms with Crippen LogP contribution in [0.15, 0.2) is 55.1 Å². The summed E-state index contributed by atoms with van der Waals surface area (Å²) in [5, 5.41) is 5.42. The molecule has 0 unspecified atom stereocenters. The largest absolute Gasteiger partial charge is 0.349 e. The van der Waals surface area contributed by atoms with Crippen molar-refractivity contribution in [2.45, 2.75) is 33.2 Å². The third-order valence-electron chi connectivity index (χ3n) is 4.77. The van der Waals surface area contributed by atoms with E-state index in [-0.39, 0.29) is 24.4 Å². The zero-order chi connectivity index (χ0) is 23.2. The Kier molecular flexibility index (Phi) is 7.99. The Morgan fingerprint density at radius 2 is 1.84 bits per heavy atom. The van der Waals surface area contributed by atoms with Crippen LogP contribution in [0.25, 0.3) is 0 Å². The maximum atomic E-state index is 13.2. The van der Waals surface area contributed by atoms with E-state index in [4.69, 9.17) is 0 Å². The van der Waals surface area contributed by atoms with E-state index in [1.54, 1.807) is 50.3 Å². The average molecular weight is 444 g/mol. The number of carbonyl (C=O) groups excluding carboxylic acids is 2. The van der Waals surface area contributed by atoms with Crippen LogP contribution in [0, 0.1) is 13.8 Å². The molecule has 0 aliphatic carbocycles. The predicted octanol–water partition coefficient (Wildman–Crippen LogP) is 3.40. The molecule has 2 amide bonds. The minimum absolute atomic E-state index is 0.247. The Balaban J connectivity index is 2.43. The molecule has 0 aliphatic heterocycles. The molecule has 0 bridgehead atoms. The van der Waals surface area contributed by atoms with Crippen LogP contribution >= 0.6 is 0 Å². The molecule has 166 valence electrons. The molecule has 0 saturated carbocycles. The van der Waals surface area contributed by atoms with E-state index in [2.05, 4.69) is 17.2 Å². The molecule has 2 rings (SSSR count). The summed E-state index contributed by atoms with van der Waals surface area (Å²) in [6, 6.07) is 11.1. The summed E-state index contributed by atoms with van der Waals surface area (Å²) in [4.78, 5) is 25.7. The molecule has 8 heteroatoms. The van der Waals surface area contributed by atoms with E-state index in [0.717, 1.165) is 21.7 Å². The molecule has 31 heavy (non-hydrogen) atoms. The van der Waals surface area contributed by atoms with Crippen LogP contribution in [0.4, 0.5) is 11.4 Å². The number of para-hydroxylation sites is 1. The van der Waals surface area contributed by atoms with Gasteiger partial charge in [-0.25, -0.2) is 8.42 Å². The van der Waals surface area contributed by atoms with Crippen LogP contribution in [0.1, 0.15) is 34.8 Å². The maximum Gasteiger partial charge on any atom is 0.253 e. The lowest BCUT2D eigenvalue weighted by Gasteiger charge is -2.31. The first-order chi connectivity index (χ1) is 14.6. The Hall–Kier alpha value is -3.13. The van der Waals surface area contributed by atoms with Crippen molar-refractivity contribution < 1.29 is 18.0 Å². The summed E-state index contributed by atoms with van der Waals surface area (Å²) in [5.74, 6) is -0.879. The molecule has 0 radical (unpaired) electrons. The van der Waals surface area contributed by atoms with Crippen LogP contribution < -0.4 is 14.9 Å². The van der Waals surface area contributed by atoms with E-state index in [0.29, 0.717) is 11.4 Å². The van der Waals surface area contributed by atoms with E-state index >= 15 is 0 Å². The van der Waals surface area contributed by atoms with Gasteiger partial charge in [0.1, 0.15) is 6.04 Å². The molecule has 7 nitrogen and oxygen atoms in total. The number of hydrogen-bond acceptors (Lipinski definition) is 4. The Bertz CT molecular complexity index is 1080. The second-order valence-electron chi connectivity index (χ2n) is 7.31. The minimum Gasteiger partial charge on any atom is -0.349 e. The number of rotatable bonds is 9. The molecule has 0 heterocycles. The first-order valence-corrected chi connectivity index (χ1v) is 11.8. The number of amides is 2. The van der Waals surface area contributed by atoms with Gasteiger partial charge in [0, 0.05) is 6.54 Å². The van der Waals surface area contributed by atoms with E-state index in [1.165, 1.54) is 0 Å². The Labute approximate surface area is 184 Å². The topological polar surface area (TPSA) is 95.6 Å². The summed E-state index contributed by atoms with van der Waals surface area (Å²) in [7, 11) is -3.76. The van der Waals surface area contributed by atoms with Gasteiger partial charge in [0.25, 0.3) is 5.91 Å². The van der Waals surface area contributed by atoms with Crippen molar-refractivity contribution in [1.29, 1.82) is 0 Å². The molecule has 0 aliphatic rings. The molecule has 1 atom stereocenters. The van der Waals surface area contributed by atoms with Gasteiger partial charge >= 0.3 is 0 Å². The predicted molar refractivity (Wildman–Crippen MR) is 125 cm³/mol. The summed E-state index contributed by atoms with van der Waals surface area (Å²) in [5.41, 5.74) is 2.67. The zero-order valence-corrected chi connectivity index (χ0v) is 19.1. The number of nitrogens with zero attached hydrogens (tertiary/aromatic N) is 1. The summed E-state index contributed by atoms with van der Waals surface area (Å²) in [6.07, 6.45) is 2.89. The fraction of sp³-hybridized carbons (Fsp3) is 0.304. The van der Waals surface area contributed by atoms with Gasteiger partial charge in [0.2, 0.25) is 15.9 Å². The van der Waals surface area contributed by atoms with Gasteiger partial charge in [-0.15, -0.1) is 6.58 Å². The first kappa shape index (κ1) is 24.1. The standard InChI is InChI=1S/C23H29N3O4S/c1-6-14-24-22(27)18-10-8-9-11-19(18)25-23(28)20(7-2)26(31(5,29)30)21-15-16(3)12-13-17(21)4/h6,8-13,15,20H,1,7,14H2,2-5H3,(H,24,27)(H,25,28)/t20-/m0/s1. The number of anilines is 2. The highest BCUT2D eigenvalue weighted by atomic mass is 32.2. The number of aryl methyl sites for hydroxylation is 2. The molecular weight excluding hydrogens is 414 g/mol. The number of nitrogens with one attached hydrogen (secondary N) is 2. The highest BCUT2D eigenvalue weighted by molar-refractivity contribution is 7.92. The van der Waals surface area contributed by atoms with Gasteiger partial charge in [-0.3, -0.25) is 13.9 Å². The summed E-state index contributed by atoms with van der Waals surface area (Å²) >= 11 is 0. The Morgan fingerprint density at radius 3 is 2.45 bits per heavy atom. The summed E-state index contributed by atoms with van der Waals surface area (Å²) < 4.78 is 26.6. The third kappa shape index (κ3) is 5.95. The smallest absolute Gasteiger partial charge is 0.253 e. The lowest BCUT2D eigenvalue weighted by Crippen LogP contribution is -2.47. The molecule has 0 saturated heterocycles. The Morgan fingerprint density at radius 1 is 1.16 bits per heavy atom. The van der Waals surface area contributed by atoms with Gasteiger partial charge < -0.3 is 10.6 Å². The highest BCUT2D eigenvalue weighted by Crippen LogP contribution is 2.28. The molecule has 2 aromatic rings. The quantitative estimate of drug-likeness (QED) is 0.581. The second kappa shape index (κ2) is 10.3. The van der Waals surface area contributed by atoms with Gasteiger partial charge in [-0.2, -0.15) is 0 Å². The van der Waals surface area contributed by atoms with E-state index in [1.807, 2.05) is 19.1 Å². The van der Waals surface area contributed by atoms with E-state index < -0.39 is 22.0 Å². The monoisotopic (exact) mass is 443 g/mol. The van der Waals surface area contributed by atoms with Crippen LogP contribution in [-0.2, 0) is 14.8 Å². The highest BCUT2D eigenvalue weighted by Gasteiger charge is 2.33. The molecule has 0 spiro atoms. The van der Waals surface area contributed by atoms with Crippen molar-refractivity contribution >= 4 is 33.2 Å². The average Bonchev–Trinajstić information content (AvgIpc) is 2.71. The zero-order valence-electron chi connectivity index (χ0n) is 18.3. The third-order valence-corrected chi connectivity index (χ3v) is 5.93. The lowest BCUT2D eigenvalue weighted by molar-refractivity contribution is -0.117. The van der Waals surface area contributed by atoms with Crippen molar-refractivity contribution in [3.63, 3.8) is 0 Å². The van der Waals surface area contributed by atoms with Crippen molar-refractivity contribution in [2.24, 2.45) is 0 Å². The molecule has 0 aromatic heterocycles. The van der Waals surface area contributed by atoms with Gasteiger partial charge in [-0.1, -0.05) is 37.3 Å². The van der Waals surface area contributed by atoms with Crippen molar-refractivity contribution in [3.05, 3.63) is 71.8 Å². The number of hydrogen-bond donors (Lipinski definition) is 2. The van der Waals surface area contributed by atoms with Crippen LogP contribution in [0.2, 0.25) is 0 Å². The van der Waals surface area contributed by atoms with Gasteiger partial charge in [0.05, 0.1) is 23.2 Å². The first-order valence-electron chi connectivity index (χ1n) is 9.95. The molecule has 2 aromatic carbocycles. The molecule has 2 N–H and O–H groups in total. The van der Waals surface area contributed by atoms with Gasteiger partial charge in [0.15, 0.2) is 0 Å². The number of sulfonamides is 1. The normalized spacial score (nSPS) is 12.0. The van der Waals surface area contributed by atoms with E-state index in [9.17, 15) is 18.0 Å². The van der Waals surface area contributed by atoms with Crippen molar-refractivity contribution in [2.75, 3.05) is 22.4 Å². The van der Waals surface area contributed by atoms with Gasteiger partial charge in [-0.05, 0) is 49.6 Å². The minimum atomic E-state index is -3.76. The van der Waals surface area contributed by atoms with Crippen molar-refractivity contribution in [1.82, 2.24) is 5.32 Å². The van der Waals surface area contributed by atoms with Crippen LogP contribution in [-0.4, -0.2) is 39.1 Å². The lowest BCUT2D eigenvalue weighted by atomic mass is 10.1. The number of carbonyl (C=O) groups is 2. The van der Waals surface area contributed by atoms with Crippen molar-refractivity contribution in [3.8, 4) is 0 Å². The SMILES string of the molecule is C=CCNC(=O)c1ccccc1NC(=O)[C@H](CC)N(c1cc(C)ccc1C)S(C)(=O)=O.